The molecule has 2 aliphatic heterocycles. The maximum absolute atomic E-state index is 12.6. The summed E-state index contributed by atoms with van der Waals surface area (Å²) in [5.41, 5.74) is 1.34. The minimum atomic E-state index is -1.02. The van der Waals surface area contributed by atoms with Crippen molar-refractivity contribution in [3.8, 4) is 0 Å². The number of rotatable bonds is 4. The number of aliphatic hydroxyl groups excluding tert-OH is 1. The molecule has 2 fully saturated rings. The summed E-state index contributed by atoms with van der Waals surface area (Å²) >= 11 is 0. The van der Waals surface area contributed by atoms with Gasteiger partial charge in [0, 0.05) is 18.2 Å². The molecule has 0 saturated carbocycles. The number of amides is 1. The van der Waals surface area contributed by atoms with Crippen LogP contribution in [-0.4, -0.2) is 55.4 Å². The van der Waals surface area contributed by atoms with Crippen LogP contribution in [0.25, 0.3) is 0 Å². The average molecular weight is 385 g/mol. The molecule has 2 saturated heterocycles. The summed E-state index contributed by atoms with van der Waals surface area (Å²) in [5, 5.41) is 13.8. The van der Waals surface area contributed by atoms with Crippen molar-refractivity contribution in [3.05, 3.63) is 71.8 Å². The Morgan fingerprint density at radius 1 is 1.07 bits per heavy atom. The number of carbonyl (C=O) groups excluding carboxylic acids is 1. The highest BCUT2D eigenvalue weighted by Crippen LogP contribution is 2.34. The first kappa shape index (κ1) is 19.0. The number of hydrogen-bond donors (Lipinski definition) is 2. The van der Waals surface area contributed by atoms with E-state index in [0.29, 0.717) is 5.56 Å². The van der Waals surface area contributed by atoms with Crippen LogP contribution in [0.3, 0.4) is 0 Å². The minimum absolute atomic E-state index is 0.250. The molecule has 148 valence electrons. The van der Waals surface area contributed by atoms with E-state index in [4.69, 9.17) is 18.9 Å². The summed E-state index contributed by atoms with van der Waals surface area (Å²) in [6.45, 7) is 0.250. The summed E-state index contributed by atoms with van der Waals surface area (Å²) < 4.78 is 23.0. The first-order valence-corrected chi connectivity index (χ1v) is 9.21. The predicted molar refractivity (Wildman–Crippen MR) is 99.4 cm³/mol. The van der Waals surface area contributed by atoms with Crippen LogP contribution in [0, 0.1) is 0 Å². The molecule has 0 aliphatic carbocycles. The Bertz CT molecular complexity index is 786. The molecule has 7 heteroatoms. The van der Waals surface area contributed by atoms with Crippen LogP contribution in [0.1, 0.15) is 22.2 Å². The van der Waals surface area contributed by atoms with Crippen molar-refractivity contribution in [1.29, 1.82) is 0 Å². The number of nitrogens with one attached hydrogen (secondary N) is 1. The molecular formula is C21H23NO6. The second-order valence-corrected chi connectivity index (χ2v) is 6.81. The van der Waals surface area contributed by atoms with E-state index in [-0.39, 0.29) is 12.5 Å². The van der Waals surface area contributed by atoms with Crippen molar-refractivity contribution >= 4 is 5.91 Å². The Labute approximate surface area is 163 Å². The molecular weight excluding hydrogens is 362 g/mol. The fourth-order valence-electron chi connectivity index (χ4n) is 3.55. The Morgan fingerprint density at radius 2 is 1.75 bits per heavy atom. The van der Waals surface area contributed by atoms with E-state index in [1.807, 2.05) is 36.4 Å². The van der Waals surface area contributed by atoms with Gasteiger partial charge in [-0.25, -0.2) is 0 Å². The van der Waals surface area contributed by atoms with Crippen molar-refractivity contribution in [3.63, 3.8) is 0 Å². The molecule has 2 heterocycles. The van der Waals surface area contributed by atoms with Gasteiger partial charge in [-0.2, -0.15) is 0 Å². The third-order valence-corrected chi connectivity index (χ3v) is 5.00. The van der Waals surface area contributed by atoms with Gasteiger partial charge >= 0.3 is 0 Å². The van der Waals surface area contributed by atoms with Crippen LogP contribution < -0.4 is 5.32 Å². The lowest BCUT2D eigenvalue weighted by atomic mass is 9.95. The molecule has 0 bridgehead atoms. The quantitative estimate of drug-likeness (QED) is 0.832. The molecule has 7 nitrogen and oxygen atoms in total. The maximum Gasteiger partial charge on any atom is 0.251 e. The summed E-state index contributed by atoms with van der Waals surface area (Å²) in [5.74, 6) is -0.319. The largest absolute Gasteiger partial charge is 0.388 e. The fraction of sp³-hybridized carbons (Fsp3) is 0.381. The van der Waals surface area contributed by atoms with Gasteiger partial charge in [-0.15, -0.1) is 0 Å². The van der Waals surface area contributed by atoms with Crippen molar-refractivity contribution in [2.45, 2.75) is 36.9 Å². The first-order valence-electron chi connectivity index (χ1n) is 9.21. The Morgan fingerprint density at radius 3 is 2.43 bits per heavy atom. The molecule has 2 aromatic rings. The van der Waals surface area contributed by atoms with Crippen molar-refractivity contribution < 1.29 is 28.8 Å². The second-order valence-electron chi connectivity index (χ2n) is 6.81. The lowest BCUT2D eigenvalue weighted by Crippen LogP contribution is -2.66. The van der Waals surface area contributed by atoms with Gasteiger partial charge in [0.25, 0.3) is 5.91 Å². The molecule has 2 aromatic carbocycles. The molecule has 0 radical (unpaired) electrons. The maximum atomic E-state index is 12.6. The first-order chi connectivity index (χ1) is 13.7. The van der Waals surface area contributed by atoms with E-state index >= 15 is 0 Å². The van der Waals surface area contributed by atoms with Gasteiger partial charge in [-0.05, 0) is 12.1 Å². The van der Waals surface area contributed by atoms with Crippen LogP contribution >= 0.6 is 0 Å². The average Bonchev–Trinajstić information content (AvgIpc) is 2.76. The Kier molecular flexibility index (Phi) is 5.70. The van der Waals surface area contributed by atoms with Gasteiger partial charge in [-0.3, -0.25) is 4.79 Å². The number of fused-ring (bicyclic) bond motifs is 1. The highest BCUT2D eigenvalue weighted by Gasteiger charge is 2.50. The molecule has 1 unspecified atom stereocenters. The second kappa shape index (κ2) is 8.38. The molecule has 0 aromatic heterocycles. The zero-order valence-corrected chi connectivity index (χ0v) is 15.4. The van der Waals surface area contributed by atoms with Crippen LogP contribution in [-0.2, 0) is 18.9 Å². The van der Waals surface area contributed by atoms with Gasteiger partial charge < -0.3 is 29.4 Å². The number of aliphatic hydroxyl groups is 1. The number of methoxy groups -OCH3 is 1. The predicted octanol–water partition coefficient (Wildman–Crippen LogP) is 1.63. The third-order valence-electron chi connectivity index (χ3n) is 5.00. The smallest absolute Gasteiger partial charge is 0.251 e. The van der Waals surface area contributed by atoms with Gasteiger partial charge in [0.05, 0.1) is 6.61 Å². The number of ether oxygens (including phenoxy) is 4. The highest BCUT2D eigenvalue weighted by molar-refractivity contribution is 5.94. The van der Waals surface area contributed by atoms with Gasteiger partial charge in [-0.1, -0.05) is 48.5 Å². The molecule has 2 N–H and O–H groups in total. The van der Waals surface area contributed by atoms with Gasteiger partial charge in [0.1, 0.15) is 24.4 Å². The molecule has 28 heavy (non-hydrogen) atoms. The summed E-state index contributed by atoms with van der Waals surface area (Å²) in [6.07, 6.45) is -3.60. The minimum Gasteiger partial charge on any atom is -0.388 e. The van der Waals surface area contributed by atoms with E-state index in [2.05, 4.69) is 5.32 Å². The SMILES string of the molecule is CO[C@H]1O[C@@H]2COC(c3ccccc3)O[C@H]2[C@@H](O)[C@@H]1NC(=O)c1ccccc1. The lowest BCUT2D eigenvalue weighted by molar-refractivity contribution is -0.340. The summed E-state index contributed by atoms with van der Waals surface area (Å²) in [6, 6.07) is 17.5. The van der Waals surface area contributed by atoms with E-state index in [1.54, 1.807) is 24.3 Å². The van der Waals surface area contributed by atoms with E-state index < -0.39 is 36.9 Å². The standard InChI is InChI=1S/C21H23NO6/c1-25-21-16(22-19(24)13-8-4-2-5-9-13)17(23)18-15(27-21)12-26-20(28-18)14-10-6-3-7-11-14/h2-11,15-18,20-21,23H,12H2,1H3,(H,22,24)/t15-,16+,17+,18-,20?,21+/m1/s1. The van der Waals surface area contributed by atoms with E-state index in [9.17, 15) is 9.90 Å². The van der Waals surface area contributed by atoms with Crippen LogP contribution in [0.4, 0.5) is 0 Å². The van der Waals surface area contributed by atoms with E-state index in [1.165, 1.54) is 7.11 Å². The third kappa shape index (κ3) is 3.80. The molecule has 2 aliphatic rings. The number of hydrogen-bond acceptors (Lipinski definition) is 6. The Hall–Kier alpha value is -2.29. The van der Waals surface area contributed by atoms with Gasteiger partial charge in [0.15, 0.2) is 12.6 Å². The molecule has 0 spiro atoms. The molecule has 6 atom stereocenters. The Balaban J connectivity index is 1.50. The molecule has 4 rings (SSSR count). The van der Waals surface area contributed by atoms with E-state index in [0.717, 1.165) is 5.56 Å². The highest BCUT2D eigenvalue weighted by atomic mass is 16.7. The summed E-state index contributed by atoms with van der Waals surface area (Å²) in [4.78, 5) is 12.6. The van der Waals surface area contributed by atoms with Crippen molar-refractivity contribution in [1.82, 2.24) is 5.32 Å². The fourth-order valence-corrected chi connectivity index (χ4v) is 3.55. The van der Waals surface area contributed by atoms with Crippen LogP contribution in [0.5, 0.6) is 0 Å². The topological polar surface area (TPSA) is 86.2 Å². The summed E-state index contributed by atoms with van der Waals surface area (Å²) in [7, 11) is 1.47. The van der Waals surface area contributed by atoms with Crippen molar-refractivity contribution in [2.24, 2.45) is 0 Å². The number of carbonyl (C=O) groups is 1. The molecule has 1 amide bonds. The zero-order valence-electron chi connectivity index (χ0n) is 15.4. The zero-order chi connectivity index (χ0) is 19.5. The lowest BCUT2D eigenvalue weighted by Gasteiger charge is -2.47. The van der Waals surface area contributed by atoms with Crippen LogP contribution in [0.2, 0.25) is 0 Å². The normalized spacial score (nSPS) is 32.4. The monoisotopic (exact) mass is 385 g/mol. The van der Waals surface area contributed by atoms with Gasteiger partial charge in [0.2, 0.25) is 0 Å². The number of benzene rings is 2. The van der Waals surface area contributed by atoms with Crippen LogP contribution in [0.15, 0.2) is 60.7 Å². The van der Waals surface area contributed by atoms with Crippen molar-refractivity contribution in [2.75, 3.05) is 13.7 Å².